The maximum Gasteiger partial charge on any atom is 0.306 e. The molecular weight excluding hydrogens is 731 g/mol. The number of hydrogen-bond donors (Lipinski definition) is 2. The van der Waals surface area contributed by atoms with Gasteiger partial charge >= 0.3 is 5.97 Å². The van der Waals surface area contributed by atoms with Crippen LogP contribution in [0.25, 0.3) is 28.0 Å². The quantitative estimate of drug-likeness (QED) is 0.0655. The molecule has 0 saturated heterocycles. The van der Waals surface area contributed by atoms with Gasteiger partial charge in [0.1, 0.15) is 13.5 Å². The fraction of sp³-hybridized carbons (Fsp3) is 0.514. The molecule has 0 aliphatic heterocycles. The number of carbonyl (C=O) groups is 1. The van der Waals surface area contributed by atoms with Crippen LogP contribution in [0.5, 0.6) is 0 Å². The highest BCUT2D eigenvalue weighted by Crippen LogP contribution is 2.44. The summed E-state index contributed by atoms with van der Waals surface area (Å²) in [6.45, 7) is 16.0. The SMILES string of the molecule is C[Si](C)(C)CCOCN(COCC[Si](C)(C)C)c1c(Br)c([C@H]2CC[C@@](O)(CC(=O)O)CC2)nc2c(-c3ccc(-c4ccccc4)nc3)cnn12. The van der Waals surface area contributed by atoms with Crippen LogP contribution in [0.4, 0.5) is 5.82 Å². The molecule has 13 heteroatoms. The van der Waals surface area contributed by atoms with E-state index in [1.54, 1.807) is 0 Å². The van der Waals surface area contributed by atoms with Gasteiger partial charge in [0.25, 0.3) is 0 Å². The molecule has 0 unspecified atom stereocenters. The summed E-state index contributed by atoms with van der Waals surface area (Å²) in [4.78, 5) is 23.6. The predicted molar refractivity (Wildman–Crippen MR) is 208 cm³/mol. The maximum absolute atomic E-state index is 11.5. The highest BCUT2D eigenvalue weighted by atomic mass is 79.9. The standard InChI is InChI=1S/C37H52BrN5O5Si2/c1-49(2,3)20-18-47-25-42(26-48-19-21-50(4,5)6)36-33(38)34(28-14-16-37(46,17-15-28)22-32(44)45)41-35-30(24-40-43(35)36)29-12-13-31(39-23-29)27-10-8-7-9-11-27/h7-13,23-24,28,46H,14-22,25-26H2,1-6H3,(H,44,45)/t28-,37-. The van der Waals surface area contributed by atoms with Crippen molar-refractivity contribution in [1.82, 2.24) is 19.6 Å². The summed E-state index contributed by atoms with van der Waals surface area (Å²) in [5.74, 6) is -0.188. The molecule has 10 nitrogen and oxygen atoms in total. The Labute approximate surface area is 306 Å². The number of rotatable bonds is 16. The van der Waals surface area contributed by atoms with Crippen LogP contribution in [0.15, 0.2) is 59.3 Å². The topological polar surface area (TPSA) is 122 Å². The zero-order valence-electron chi connectivity index (χ0n) is 30.3. The van der Waals surface area contributed by atoms with Gasteiger partial charge in [0.2, 0.25) is 0 Å². The van der Waals surface area contributed by atoms with Gasteiger partial charge in [-0.05, 0) is 59.8 Å². The van der Waals surface area contributed by atoms with Crippen LogP contribution < -0.4 is 4.90 Å². The molecule has 3 aromatic heterocycles. The van der Waals surface area contributed by atoms with Crippen LogP contribution in [0.2, 0.25) is 51.4 Å². The average molecular weight is 783 g/mol. The molecule has 1 fully saturated rings. The van der Waals surface area contributed by atoms with Gasteiger partial charge in [-0.3, -0.25) is 9.78 Å². The molecule has 5 rings (SSSR count). The lowest BCUT2D eigenvalue weighted by atomic mass is 9.76. The number of carboxylic acids is 1. The largest absolute Gasteiger partial charge is 0.481 e. The van der Waals surface area contributed by atoms with E-state index < -0.39 is 27.7 Å². The van der Waals surface area contributed by atoms with E-state index >= 15 is 0 Å². The maximum atomic E-state index is 11.5. The molecule has 50 heavy (non-hydrogen) atoms. The Hall–Kier alpha value is -2.95. The van der Waals surface area contributed by atoms with Gasteiger partial charge in [-0.2, -0.15) is 9.61 Å². The van der Waals surface area contributed by atoms with Gasteiger partial charge in [-0.25, -0.2) is 4.98 Å². The first-order valence-electron chi connectivity index (χ1n) is 17.6. The summed E-state index contributed by atoms with van der Waals surface area (Å²) in [6, 6.07) is 16.3. The van der Waals surface area contributed by atoms with Crippen molar-refractivity contribution in [3.05, 3.63) is 65.0 Å². The number of aromatic nitrogens is 4. The van der Waals surface area contributed by atoms with Gasteiger partial charge in [0.15, 0.2) is 11.5 Å². The molecule has 270 valence electrons. The number of benzene rings is 1. The molecule has 1 aliphatic carbocycles. The number of nitrogens with zero attached hydrogens (tertiary/aromatic N) is 5. The third-order valence-electron chi connectivity index (χ3n) is 9.31. The van der Waals surface area contributed by atoms with Crippen molar-refractivity contribution in [2.75, 3.05) is 31.6 Å². The Morgan fingerprint density at radius 2 is 1.56 bits per heavy atom. The van der Waals surface area contributed by atoms with E-state index in [0.29, 0.717) is 58.0 Å². The molecule has 0 radical (unpaired) electrons. The second-order valence-electron chi connectivity index (χ2n) is 16.0. The first kappa shape index (κ1) is 38.3. The van der Waals surface area contributed by atoms with E-state index in [2.05, 4.69) is 66.2 Å². The summed E-state index contributed by atoms with van der Waals surface area (Å²) in [5.41, 5.74) is 4.01. The van der Waals surface area contributed by atoms with Gasteiger partial charge in [0.05, 0.1) is 34.1 Å². The van der Waals surface area contributed by atoms with Crippen molar-refractivity contribution in [3.8, 4) is 22.4 Å². The summed E-state index contributed by atoms with van der Waals surface area (Å²) in [7, 11) is -2.60. The molecular formula is C37H52BrN5O5Si2. The van der Waals surface area contributed by atoms with Crippen LogP contribution in [0.1, 0.15) is 43.7 Å². The Bertz CT molecular complexity index is 1710. The number of halogens is 1. The predicted octanol–water partition coefficient (Wildman–Crippen LogP) is 8.52. The molecule has 0 atom stereocenters. The fourth-order valence-corrected chi connectivity index (χ4v) is 8.55. The van der Waals surface area contributed by atoms with E-state index in [0.717, 1.165) is 50.5 Å². The third kappa shape index (κ3) is 10.1. The van der Waals surface area contributed by atoms with Crippen LogP contribution in [0, 0.1) is 0 Å². The van der Waals surface area contributed by atoms with E-state index in [4.69, 9.17) is 24.5 Å². The molecule has 3 heterocycles. The highest BCUT2D eigenvalue weighted by molar-refractivity contribution is 9.10. The van der Waals surface area contributed by atoms with Crippen molar-refractivity contribution in [3.63, 3.8) is 0 Å². The Morgan fingerprint density at radius 3 is 2.10 bits per heavy atom. The third-order valence-corrected chi connectivity index (χ3v) is 13.5. The number of aliphatic carboxylic acids is 1. The average Bonchev–Trinajstić information content (AvgIpc) is 3.47. The number of fused-ring (bicyclic) bond motifs is 1. The molecule has 1 aliphatic rings. The lowest BCUT2D eigenvalue weighted by Crippen LogP contribution is -2.36. The van der Waals surface area contributed by atoms with E-state index in [-0.39, 0.29) is 12.3 Å². The molecule has 1 aromatic carbocycles. The van der Waals surface area contributed by atoms with Gasteiger partial charge < -0.3 is 24.6 Å². The fourth-order valence-electron chi connectivity index (χ4n) is 6.21. The molecule has 1 saturated carbocycles. The summed E-state index contributed by atoms with van der Waals surface area (Å²) >= 11 is 3.96. The van der Waals surface area contributed by atoms with Crippen LogP contribution >= 0.6 is 15.9 Å². The lowest BCUT2D eigenvalue weighted by Gasteiger charge is -2.35. The van der Waals surface area contributed by atoms with Gasteiger partial charge in [-0.1, -0.05) is 75.7 Å². The Balaban J connectivity index is 1.55. The molecule has 0 spiro atoms. The van der Waals surface area contributed by atoms with E-state index in [1.807, 2.05) is 53.3 Å². The highest BCUT2D eigenvalue weighted by Gasteiger charge is 2.38. The van der Waals surface area contributed by atoms with Crippen molar-refractivity contribution >= 4 is 49.5 Å². The van der Waals surface area contributed by atoms with Crippen LogP contribution in [-0.2, 0) is 14.3 Å². The normalized spacial score (nSPS) is 18.4. The van der Waals surface area contributed by atoms with Crippen LogP contribution in [-0.4, -0.2) is 84.2 Å². The lowest BCUT2D eigenvalue weighted by molar-refractivity contribution is -0.144. The number of ether oxygens (including phenoxy) is 2. The van der Waals surface area contributed by atoms with Crippen molar-refractivity contribution in [2.45, 2.75) is 95.0 Å². The molecule has 4 aromatic rings. The molecule has 2 N–H and O–H groups in total. The van der Waals surface area contributed by atoms with Crippen molar-refractivity contribution in [2.24, 2.45) is 0 Å². The second kappa shape index (κ2) is 16.2. The monoisotopic (exact) mass is 781 g/mol. The van der Waals surface area contributed by atoms with Gasteiger partial charge in [0, 0.05) is 58.2 Å². The first-order valence-corrected chi connectivity index (χ1v) is 25.8. The van der Waals surface area contributed by atoms with Crippen LogP contribution in [0.3, 0.4) is 0 Å². The summed E-state index contributed by atoms with van der Waals surface area (Å²) in [6.07, 6.45) is 5.45. The first-order chi connectivity index (χ1) is 23.6. The van der Waals surface area contributed by atoms with E-state index in [9.17, 15) is 15.0 Å². The van der Waals surface area contributed by atoms with Crippen molar-refractivity contribution in [1.29, 1.82) is 0 Å². The second-order valence-corrected chi connectivity index (χ2v) is 28.1. The molecule has 0 bridgehead atoms. The number of anilines is 1. The van der Waals surface area contributed by atoms with E-state index in [1.165, 1.54) is 0 Å². The zero-order valence-corrected chi connectivity index (χ0v) is 33.9. The van der Waals surface area contributed by atoms with Gasteiger partial charge in [-0.15, -0.1) is 0 Å². The number of hydrogen-bond acceptors (Lipinski definition) is 8. The summed E-state index contributed by atoms with van der Waals surface area (Å²) in [5, 5.41) is 25.3. The minimum atomic E-state index is -1.30. The minimum Gasteiger partial charge on any atom is -0.481 e. The smallest absolute Gasteiger partial charge is 0.306 e. The Kier molecular flexibility index (Phi) is 12.4. The number of pyridine rings is 1. The Morgan fingerprint density at radius 1 is 0.940 bits per heavy atom. The zero-order chi connectivity index (χ0) is 36.1. The minimum absolute atomic E-state index is 0.00555. The number of aliphatic hydroxyl groups is 1. The summed E-state index contributed by atoms with van der Waals surface area (Å²) < 4.78 is 15.3. The molecule has 0 amide bonds. The number of carboxylic acid groups (broad SMARTS) is 1. The van der Waals surface area contributed by atoms with Crippen molar-refractivity contribution < 1.29 is 24.5 Å².